The molecule has 0 aromatic heterocycles. The van der Waals surface area contributed by atoms with Crippen LogP contribution < -0.4 is 0 Å². The second-order valence-corrected chi connectivity index (χ2v) is 8.82. The van der Waals surface area contributed by atoms with Crippen LogP contribution in [-0.4, -0.2) is 65.1 Å². The van der Waals surface area contributed by atoms with E-state index >= 15 is 0 Å². The highest BCUT2D eigenvalue weighted by atomic mass is 16.2. The van der Waals surface area contributed by atoms with Gasteiger partial charge in [-0.3, -0.25) is 24.2 Å². The maximum Gasteiger partial charge on any atom is 0.261 e. The lowest BCUT2D eigenvalue weighted by Crippen LogP contribution is -2.49. The largest absolute Gasteiger partial charge is 0.336 e. The van der Waals surface area contributed by atoms with Gasteiger partial charge in [-0.05, 0) is 29.3 Å². The second kappa shape index (κ2) is 9.68. The minimum Gasteiger partial charge on any atom is -0.336 e. The highest BCUT2D eigenvalue weighted by molar-refractivity contribution is 6.22. The van der Waals surface area contributed by atoms with E-state index in [0.29, 0.717) is 24.2 Å². The zero-order valence-corrected chi connectivity index (χ0v) is 19.5. The third-order valence-electron chi connectivity index (χ3n) is 6.73. The van der Waals surface area contributed by atoms with Gasteiger partial charge < -0.3 is 4.90 Å². The van der Waals surface area contributed by atoms with Gasteiger partial charge in [0.05, 0.1) is 17.2 Å². The molecule has 1 fully saturated rings. The van der Waals surface area contributed by atoms with Crippen LogP contribution in [0.5, 0.6) is 0 Å². The van der Waals surface area contributed by atoms with Crippen LogP contribution in [0.1, 0.15) is 48.2 Å². The molecule has 0 unspecified atom stereocenters. The van der Waals surface area contributed by atoms with E-state index in [1.807, 2.05) is 17.0 Å². The van der Waals surface area contributed by atoms with Crippen molar-refractivity contribution < 1.29 is 14.4 Å². The average Bonchev–Trinajstić information content (AvgIpc) is 3.14. The smallest absolute Gasteiger partial charge is 0.261 e. The van der Waals surface area contributed by atoms with E-state index in [-0.39, 0.29) is 35.9 Å². The van der Waals surface area contributed by atoms with Gasteiger partial charge in [0.25, 0.3) is 17.7 Å². The number of nitrogens with zero attached hydrogens (tertiary/aromatic N) is 3. The van der Waals surface area contributed by atoms with Gasteiger partial charge in [-0.15, -0.1) is 6.58 Å². The first kappa shape index (κ1) is 22.7. The van der Waals surface area contributed by atoms with E-state index in [4.69, 9.17) is 0 Å². The summed E-state index contributed by atoms with van der Waals surface area (Å²) >= 11 is 0. The number of piperazine rings is 1. The van der Waals surface area contributed by atoms with Crippen LogP contribution in [0.2, 0.25) is 0 Å². The van der Waals surface area contributed by atoms with Crippen molar-refractivity contribution in [3.63, 3.8) is 0 Å². The third kappa shape index (κ3) is 4.29. The van der Waals surface area contributed by atoms with Gasteiger partial charge in [0.15, 0.2) is 0 Å². The van der Waals surface area contributed by atoms with Gasteiger partial charge in [-0.2, -0.15) is 0 Å². The molecule has 3 amide bonds. The van der Waals surface area contributed by atoms with Crippen LogP contribution in [-0.2, 0) is 0 Å². The molecule has 1 saturated heterocycles. The van der Waals surface area contributed by atoms with Crippen LogP contribution in [0.15, 0.2) is 91.5 Å². The van der Waals surface area contributed by atoms with Crippen molar-refractivity contribution in [3.8, 4) is 0 Å². The van der Waals surface area contributed by atoms with E-state index in [9.17, 15) is 14.4 Å². The summed E-state index contributed by atoms with van der Waals surface area (Å²) in [5, 5.41) is 0. The number of fused-ring (bicyclic) bond motifs is 1. The van der Waals surface area contributed by atoms with Crippen LogP contribution in [0.25, 0.3) is 0 Å². The molecule has 0 saturated carbocycles. The fourth-order valence-electron chi connectivity index (χ4n) is 4.97. The van der Waals surface area contributed by atoms with Crippen molar-refractivity contribution in [2.75, 3.05) is 32.7 Å². The van der Waals surface area contributed by atoms with Crippen LogP contribution in [0.3, 0.4) is 0 Å². The SMILES string of the molecule is C=CCN1C(=O)c2ccc(C(=O)N3CCN(C(c4ccccc4)c4ccccc4)CC3)cc2C1=O. The molecule has 0 radical (unpaired) electrons. The molecule has 0 atom stereocenters. The number of hydrogen-bond acceptors (Lipinski definition) is 4. The number of hydrogen-bond donors (Lipinski definition) is 0. The predicted octanol–water partition coefficient (Wildman–Crippen LogP) is 4.02. The Bertz CT molecular complexity index is 1230. The van der Waals surface area contributed by atoms with Crippen LogP contribution in [0.4, 0.5) is 0 Å². The fraction of sp³-hybridized carbons (Fsp3) is 0.207. The topological polar surface area (TPSA) is 60.9 Å². The lowest BCUT2D eigenvalue weighted by Gasteiger charge is -2.39. The van der Waals surface area contributed by atoms with Crippen molar-refractivity contribution in [3.05, 3.63) is 119 Å². The summed E-state index contributed by atoms with van der Waals surface area (Å²) in [6.07, 6.45) is 1.52. The molecule has 2 aliphatic heterocycles. The van der Waals surface area contributed by atoms with E-state index < -0.39 is 0 Å². The Hall–Kier alpha value is -4.03. The molecule has 5 rings (SSSR count). The van der Waals surface area contributed by atoms with Crippen LogP contribution in [0, 0.1) is 0 Å². The summed E-state index contributed by atoms with van der Waals surface area (Å²) in [4.78, 5) is 43.8. The Morgan fingerprint density at radius 3 is 1.94 bits per heavy atom. The number of imide groups is 1. The minimum atomic E-state index is -0.377. The Kier molecular flexibility index (Phi) is 6.29. The normalized spacial score (nSPS) is 16.0. The Morgan fingerprint density at radius 1 is 0.800 bits per heavy atom. The summed E-state index contributed by atoms with van der Waals surface area (Å²) in [7, 11) is 0. The van der Waals surface area contributed by atoms with Gasteiger partial charge in [-0.25, -0.2) is 0 Å². The van der Waals surface area contributed by atoms with Crippen molar-refractivity contribution in [1.82, 2.24) is 14.7 Å². The Balaban J connectivity index is 1.32. The lowest BCUT2D eigenvalue weighted by molar-refractivity contribution is 0.0596. The van der Waals surface area contributed by atoms with Crippen molar-refractivity contribution in [2.45, 2.75) is 6.04 Å². The molecule has 0 N–H and O–H groups in total. The molecule has 2 heterocycles. The molecule has 3 aromatic rings. The summed E-state index contributed by atoms with van der Waals surface area (Å²) in [5.41, 5.74) is 3.51. The number of carbonyl (C=O) groups excluding carboxylic acids is 3. The van der Waals surface area contributed by atoms with E-state index in [0.717, 1.165) is 18.0 Å². The zero-order valence-electron chi connectivity index (χ0n) is 19.5. The molecule has 0 aliphatic carbocycles. The minimum absolute atomic E-state index is 0.120. The highest BCUT2D eigenvalue weighted by Crippen LogP contribution is 2.30. The first-order valence-corrected chi connectivity index (χ1v) is 11.8. The van der Waals surface area contributed by atoms with E-state index in [1.54, 1.807) is 18.2 Å². The lowest BCUT2D eigenvalue weighted by atomic mass is 9.96. The fourth-order valence-corrected chi connectivity index (χ4v) is 4.97. The second-order valence-electron chi connectivity index (χ2n) is 8.82. The first-order valence-electron chi connectivity index (χ1n) is 11.8. The number of benzene rings is 3. The van der Waals surface area contributed by atoms with E-state index in [1.165, 1.54) is 17.2 Å². The van der Waals surface area contributed by atoms with Crippen LogP contribution >= 0.6 is 0 Å². The third-order valence-corrected chi connectivity index (χ3v) is 6.73. The van der Waals surface area contributed by atoms with Gasteiger partial charge in [0.2, 0.25) is 0 Å². The quantitative estimate of drug-likeness (QED) is 0.408. The number of rotatable bonds is 6. The maximum atomic E-state index is 13.3. The number of amides is 3. The molecule has 0 bridgehead atoms. The number of carbonyl (C=O) groups is 3. The molecular weight excluding hydrogens is 438 g/mol. The molecule has 6 heteroatoms. The van der Waals surface area contributed by atoms with Crippen molar-refractivity contribution >= 4 is 17.7 Å². The van der Waals surface area contributed by atoms with Gasteiger partial charge in [0, 0.05) is 38.3 Å². The summed E-state index contributed by atoms with van der Waals surface area (Å²) in [5.74, 6) is -0.839. The highest BCUT2D eigenvalue weighted by Gasteiger charge is 2.36. The molecular formula is C29H27N3O3. The first-order chi connectivity index (χ1) is 17.1. The standard InChI is InChI=1S/C29H27N3O3/c1-2-15-32-28(34)24-14-13-23(20-25(24)29(32)35)27(33)31-18-16-30(17-19-31)26(21-9-5-3-6-10-21)22-11-7-4-8-12-22/h2-14,20,26H,1,15-19H2. The maximum absolute atomic E-state index is 13.3. The Morgan fingerprint density at radius 2 is 1.37 bits per heavy atom. The summed E-state index contributed by atoms with van der Waals surface area (Å²) in [6, 6.07) is 25.8. The Labute approximate surface area is 205 Å². The zero-order chi connectivity index (χ0) is 24.4. The van der Waals surface area contributed by atoms with Gasteiger partial charge >= 0.3 is 0 Å². The van der Waals surface area contributed by atoms with Gasteiger partial charge in [-0.1, -0.05) is 66.7 Å². The molecule has 6 nitrogen and oxygen atoms in total. The summed E-state index contributed by atoms with van der Waals surface area (Å²) < 4.78 is 0. The van der Waals surface area contributed by atoms with Crippen molar-refractivity contribution in [2.24, 2.45) is 0 Å². The molecule has 0 spiro atoms. The van der Waals surface area contributed by atoms with Crippen molar-refractivity contribution in [1.29, 1.82) is 0 Å². The molecule has 2 aliphatic rings. The molecule has 3 aromatic carbocycles. The average molecular weight is 466 g/mol. The molecule has 35 heavy (non-hydrogen) atoms. The van der Waals surface area contributed by atoms with Gasteiger partial charge in [0.1, 0.15) is 0 Å². The predicted molar refractivity (Wildman–Crippen MR) is 134 cm³/mol. The van der Waals surface area contributed by atoms with E-state index in [2.05, 4.69) is 60.0 Å². The monoisotopic (exact) mass is 465 g/mol. The summed E-state index contributed by atoms with van der Waals surface area (Å²) in [6.45, 7) is 6.40. The molecule has 176 valence electrons.